The number of benzene rings is 1. The molecule has 0 N–H and O–H groups in total. The molecule has 0 radical (unpaired) electrons. The van der Waals surface area contributed by atoms with Gasteiger partial charge in [-0.15, -0.1) is 0 Å². The van der Waals surface area contributed by atoms with Crippen LogP contribution in [0.15, 0.2) is 51.7 Å². The Bertz CT molecular complexity index is 516. The van der Waals surface area contributed by atoms with Crippen LogP contribution in [0.5, 0.6) is 0 Å². The molecule has 0 unspecified atom stereocenters. The fraction of sp³-hybridized carbons (Fsp3) is 0. The van der Waals surface area contributed by atoms with Crippen molar-refractivity contribution in [1.29, 1.82) is 0 Å². The SMILES string of the molecule is c1ccc2c(c1)oc1cc[o+]cc12. The summed E-state index contributed by atoms with van der Waals surface area (Å²) in [5.74, 6) is 0. The van der Waals surface area contributed by atoms with Crippen molar-refractivity contribution in [3.05, 3.63) is 42.9 Å². The van der Waals surface area contributed by atoms with Gasteiger partial charge in [-0.2, -0.15) is 0 Å². The molecular weight excluding hydrogens is 164 g/mol. The van der Waals surface area contributed by atoms with E-state index in [9.17, 15) is 0 Å². The zero-order valence-electron chi connectivity index (χ0n) is 6.86. The molecule has 2 heterocycles. The summed E-state index contributed by atoms with van der Waals surface area (Å²) in [5, 5.41) is 2.12. The molecule has 0 aliphatic rings. The predicted molar refractivity (Wildman–Crippen MR) is 50.4 cm³/mol. The first-order valence-corrected chi connectivity index (χ1v) is 4.12. The molecule has 3 rings (SSSR count). The van der Waals surface area contributed by atoms with Crippen molar-refractivity contribution in [1.82, 2.24) is 0 Å². The zero-order chi connectivity index (χ0) is 8.67. The van der Waals surface area contributed by atoms with Crippen LogP contribution in [0.4, 0.5) is 0 Å². The van der Waals surface area contributed by atoms with Gasteiger partial charge in [0.05, 0.1) is 6.07 Å². The van der Waals surface area contributed by atoms with Crippen LogP contribution in [0.3, 0.4) is 0 Å². The molecule has 0 saturated heterocycles. The molecule has 62 valence electrons. The van der Waals surface area contributed by atoms with E-state index in [0.29, 0.717) is 0 Å². The zero-order valence-corrected chi connectivity index (χ0v) is 6.86. The van der Waals surface area contributed by atoms with Crippen molar-refractivity contribution < 1.29 is 8.83 Å². The van der Waals surface area contributed by atoms with Crippen molar-refractivity contribution in [2.75, 3.05) is 0 Å². The van der Waals surface area contributed by atoms with Crippen molar-refractivity contribution in [2.24, 2.45) is 0 Å². The molecule has 0 saturated carbocycles. The molecule has 3 aromatic rings. The van der Waals surface area contributed by atoms with Crippen LogP contribution in [0.25, 0.3) is 21.9 Å². The fourth-order valence-corrected chi connectivity index (χ4v) is 1.54. The van der Waals surface area contributed by atoms with Gasteiger partial charge in [0.2, 0.25) is 0 Å². The van der Waals surface area contributed by atoms with Crippen LogP contribution in [-0.4, -0.2) is 0 Å². The summed E-state index contributed by atoms with van der Waals surface area (Å²) in [4.78, 5) is 0. The summed E-state index contributed by atoms with van der Waals surface area (Å²) >= 11 is 0. The second kappa shape index (κ2) is 2.33. The van der Waals surface area contributed by atoms with Gasteiger partial charge < -0.3 is 4.42 Å². The van der Waals surface area contributed by atoms with Gasteiger partial charge in [-0.25, -0.2) is 4.42 Å². The maximum Gasteiger partial charge on any atom is 0.329 e. The van der Waals surface area contributed by atoms with Gasteiger partial charge in [-0.3, -0.25) is 0 Å². The molecule has 13 heavy (non-hydrogen) atoms. The van der Waals surface area contributed by atoms with Gasteiger partial charge in [-0.05, 0) is 6.07 Å². The number of rotatable bonds is 0. The molecule has 0 atom stereocenters. The molecule has 0 spiro atoms. The lowest BCUT2D eigenvalue weighted by Crippen LogP contribution is -1.62. The largest absolute Gasteiger partial charge is 0.455 e. The molecular formula is C11H7O2+. The molecule has 2 aromatic heterocycles. The normalized spacial score (nSPS) is 11.1. The van der Waals surface area contributed by atoms with E-state index in [1.54, 1.807) is 12.5 Å². The standard InChI is InChI=1S/C11H7O2/c1-2-4-10-8(3-1)9-7-12-6-5-11(9)13-10/h1-7H/q+1. The number of para-hydroxylation sites is 1. The highest BCUT2D eigenvalue weighted by atomic mass is 16.3. The van der Waals surface area contributed by atoms with Gasteiger partial charge >= 0.3 is 12.5 Å². The van der Waals surface area contributed by atoms with Gasteiger partial charge in [0.25, 0.3) is 0 Å². The maximum atomic E-state index is 5.59. The Hall–Kier alpha value is -1.83. The first-order chi connectivity index (χ1) is 6.45. The lowest BCUT2D eigenvalue weighted by molar-refractivity contribution is 0.553. The Balaban J connectivity index is 2.64. The Morgan fingerprint density at radius 2 is 1.77 bits per heavy atom. The average Bonchev–Trinajstić information content (AvgIpc) is 2.56. The Morgan fingerprint density at radius 1 is 0.923 bits per heavy atom. The molecule has 2 nitrogen and oxygen atoms in total. The Kier molecular flexibility index (Phi) is 1.19. The van der Waals surface area contributed by atoms with Gasteiger partial charge in [0, 0.05) is 5.39 Å². The summed E-state index contributed by atoms with van der Waals surface area (Å²) in [7, 11) is 0. The van der Waals surface area contributed by atoms with E-state index < -0.39 is 0 Å². The van der Waals surface area contributed by atoms with E-state index in [2.05, 4.69) is 0 Å². The summed E-state index contributed by atoms with van der Waals surface area (Å²) in [6.07, 6.45) is 3.33. The quantitative estimate of drug-likeness (QED) is 0.484. The van der Waals surface area contributed by atoms with Crippen molar-refractivity contribution >= 4 is 21.9 Å². The van der Waals surface area contributed by atoms with Crippen molar-refractivity contribution in [3.63, 3.8) is 0 Å². The topological polar surface area (TPSA) is 24.4 Å². The third-order valence-corrected chi connectivity index (χ3v) is 2.15. The minimum Gasteiger partial charge on any atom is -0.455 e. The van der Waals surface area contributed by atoms with E-state index >= 15 is 0 Å². The third-order valence-electron chi connectivity index (χ3n) is 2.15. The molecule has 0 aliphatic carbocycles. The second-order valence-electron chi connectivity index (χ2n) is 2.93. The second-order valence-corrected chi connectivity index (χ2v) is 2.93. The van der Waals surface area contributed by atoms with Crippen LogP contribution >= 0.6 is 0 Å². The minimum atomic E-state index is 0.868. The van der Waals surface area contributed by atoms with E-state index in [-0.39, 0.29) is 0 Å². The van der Waals surface area contributed by atoms with Gasteiger partial charge in [-0.1, -0.05) is 18.2 Å². The van der Waals surface area contributed by atoms with Crippen LogP contribution in [0.1, 0.15) is 0 Å². The van der Waals surface area contributed by atoms with Crippen molar-refractivity contribution in [3.8, 4) is 0 Å². The summed E-state index contributed by atoms with van der Waals surface area (Å²) in [5.41, 5.74) is 1.77. The van der Waals surface area contributed by atoms with Gasteiger partial charge in [0.1, 0.15) is 11.0 Å². The van der Waals surface area contributed by atoms with Crippen LogP contribution in [0.2, 0.25) is 0 Å². The van der Waals surface area contributed by atoms with E-state index in [1.807, 2.05) is 30.3 Å². The fourth-order valence-electron chi connectivity index (χ4n) is 1.54. The number of fused-ring (bicyclic) bond motifs is 3. The molecule has 0 fully saturated rings. The minimum absolute atomic E-state index is 0.868. The number of hydrogen-bond acceptors (Lipinski definition) is 1. The highest BCUT2D eigenvalue weighted by Gasteiger charge is 2.08. The van der Waals surface area contributed by atoms with Crippen LogP contribution < -0.4 is 0 Å². The van der Waals surface area contributed by atoms with E-state index in [1.165, 1.54) is 0 Å². The molecule has 0 bridgehead atoms. The highest BCUT2D eigenvalue weighted by Crippen LogP contribution is 2.27. The highest BCUT2D eigenvalue weighted by molar-refractivity contribution is 6.03. The van der Waals surface area contributed by atoms with E-state index in [0.717, 1.165) is 21.9 Å². The number of furan rings is 1. The molecule has 2 heteroatoms. The monoisotopic (exact) mass is 171 g/mol. The molecule has 0 amide bonds. The third kappa shape index (κ3) is 0.855. The first kappa shape index (κ1) is 6.66. The van der Waals surface area contributed by atoms with E-state index in [4.69, 9.17) is 8.83 Å². The summed E-state index contributed by atoms with van der Waals surface area (Å²) < 4.78 is 10.7. The van der Waals surface area contributed by atoms with Crippen LogP contribution in [-0.2, 0) is 0 Å². The lowest BCUT2D eigenvalue weighted by atomic mass is 10.2. The summed E-state index contributed by atoms with van der Waals surface area (Å²) in [6.45, 7) is 0. The number of hydrogen-bond donors (Lipinski definition) is 0. The maximum absolute atomic E-state index is 5.59. The average molecular weight is 171 g/mol. The molecule has 1 aromatic carbocycles. The smallest absolute Gasteiger partial charge is 0.329 e. The van der Waals surface area contributed by atoms with Gasteiger partial charge in [0.15, 0.2) is 5.58 Å². The first-order valence-electron chi connectivity index (χ1n) is 4.12. The van der Waals surface area contributed by atoms with Crippen LogP contribution in [0, 0.1) is 0 Å². The predicted octanol–water partition coefficient (Wildman–Crippen LogP) is 3.46. The summed E-state index contributed by atoms with van der Waals surface area (Å²) in [6, 6.07) is 9.76. The Labute approximate surface area is 74.4 Å². The van der Waals surface area contributed by atoms with Crippen molar-refractivity contribution in [2.45, 2.75) is 0 Å². The lowest BCUT2D eigenvalue weighted by Gasteiger charge is -1.82. The Morgan fingerprint density at radius 3 is 2.77 bits per heavy atom. The molecule has 0 aliphatic heterocycles.